The van der Waals surface area contributed by atoms with Gasteiger partial charge in [0.1, 0.15) is 12.4 Å². The van der Waals surface area contributed by atoms with Gasteiger partial charge in [-0.15, -0.1) is 11.3 Å². The van der Waals surface area contributed by atoms with Gasteiger partial charge in [-0.2, -0.15) is 0 Å². The number of benzene rings is 1. The molecule has 0 fully saturated rings. The van der Waals surface area contributed by atoms with Crippen LogP contribution in [0.3, 0.4) is 0 Å². The van der Waals surface area contributed by atoms with E-state index in [2.05, 4.69) is 60.9 Å². The molecule has 1 aromatic carbocycles. The fraction of sp³-hybridized carbons (Fsp3) is 0.444. The SMILES string of the molecule is CCCCc1ccc(OCCNC(C)c2cccs2)cc1. The maximum Gasteiger partial charge on any atom is 0.119 e. The summed E-state index contributed by atoms with van der Waals surface area (Å²) < 4.78 is 5.77. The number of nitrogens with one attached hydrogen (secondary N) is 1. The third-order valence-electron chi connectivity index (χ3n) is 3.53. The van der Waals surface area contributed by atoms with Gasteiger partial charge in [0.25, 0.3) is 0 Å². The monoisotopic (exact) mass is 303 g/mol. The van der Waals surface area contributed by atoms with Crippen LogP contribution in [0.1, 0.15) is 43.2 Å². The van der Waals surface area contributed by atoms with Gasteiger partial charge in [-0.3, -0.25) is 0 Å². The molecule has 114 valence electrons. The van der Waals surface area contributed by atoms with E-state index >= 15 is 0 Å². The second kappa shape index (κ2) is 8.85. The molecule has 0 saturated heterocycles. The van der Waals surface area contributed by atoms with Crippen molar-refractivity contribution in [3.05, 3.63) is 52.2 Å². The van der Waals surface area contributed by atoms with Crippen LogP contribution in [0.2, 0.25) is 0 Å². The first-order valence-electron chi connectivity index (χ1n) is 7.78. The molecule has 0 spiro atoms. The summed E-state index contributed by atoms with van der Waals surface area (Å²) in [5.41, 5.74) is 1.40. The Kier molecular flexibility index (Phi) is 6.77. The van der Waals surface area contributed by atoms with Crippen molar-refractivity contribution in [2.45, 2.75) is 39.2 Å². The van der Waals surface area contributed by atoms with Crippen molar-refractivity contribution < 1.29 is 4.74 Å². The molecule has 2 rings (SSSR count). The van der Waals surface area contributed by atoms with Gasteiger partial charge >= 0.3 is 0 Å². The molecular weight excluding hydrogens is 278 g/mol. The Bertz CT molecular complexity index is 492. The maximum absolute atomic E-state index is 5.77. The quantitative estimate of drug-likeness (QED) is 0.671. The minimum atomic E-state index is 0.394. The highest BCUT2D eigenvalue weighted by Crippen LogP contribution is 2.18. The molecule has 21 heavy (non-hydrogen) atoms. The predicted molar refractivity (Wildman–Crippen MR) is 91.3 cm³/mol. The lowest BCUT2D eigenvalue weighted by Gasteiger charge is -2.13. The minimum absolute atomic E-state index is 0.394. The van der Waals surface area contributed by atoms with Crippen molar-refractivity contribution in [1.29, 1.82) is 0 Å². The van der Waals surface area contributed by atoms with Gasteiger partial charge in [0, 0.05) is 17.5 Å². The van der Waals surface area contributed by atoms with Crippen LogP contribution < -0.4 is 10.1 Å². The predicted octanol–water partition coefficient (Wildman–Crippen LogP) is 4.82. The van der Waals surface area contributed by atoms with E-state index in [1.807, 2.05) is 0 Å². The Morgan fingerprint density at radius 1 is 1.19 bits per heavy atom. The van der Waals surface area contributed by atoms with Crippen LogP contribution >= 0.6 is 11.3 Å². The molecule has 1 heterocycles. The topological polar surface area (TPSA) is 21.3 Å². The summed E-state index contributed by atoms with van der Waals surface area (Å²) in [7, 11) is 0. The van der Waals surface area contributed by atoms with Crippen LogP contribution in [0.15, 0.2) is 41.8 Å². The summed E-state index contributed by atoms with van der Waals surface area (Å²) in [6, 6.07) is 13.2. The van der Waals surface area contributed by atoms with Crippen molar-refractivity contribution in [3.8, 4) is 5.75 Å². The average molecular weight is 303 g/mol. The molecular formula is C18H25NOS. The van der Waals surface area contributed by atoms with Gasteiger partial charge in [-0.05, 0) is 48.9 Å². The Hall–Kier alpha value is -1.32. The molecule has 1 aromatic heterocycles. The fourth-order valence-corrected chi connectivity index (χ4v) is 2.97. The molecule has 0 aliphatic carbocycles. The molecule has 1 unspecified atom stereocenters. The molecule has 0 aliphatic rings. The molecule has 0 bridgehead atoms. The van der Waals surface area contributed by atoms with Crippen LogP contribution in [-0.2, 0) is 6.42 Å². The highest BCUT2D eigenvalue weighted by molar-refractivity contribution is 7.10. The summed E-state index contributed by atoms with van der Waals surface area (Å²) in [6.45, 7) is 5.97. The van der Waals surface area contributed by atoms with Gasteiger partial charge in [0.2, 0.25) is 0 Å². The summed E-state index contributed by atoms with van der Waals surface area (Å²) in [4.78, 5) is 1.37. The van der Waals surface area contributed by atoms with Gasteiger partial charge in [0.05, 0.1) is 0 Å². The lowest BCUT2D eigenvalue weighted by Crippen LogP contribution is -2.23. The van der Waals surface area contributed by atoms with Crippen LogP contribution in [0.5, 0.6) is 5.75 Å². The molecule has 3 heteroatoms. The van der Waals surface area contributed by atoms with E-state index in [1.54, 1.807) is 11.3 Å². The second-order valence-corrected chi connectivity index (χ2v) is 6.27. The van der Waals surface area contributed by atoms with Crippen molar-refractivity contribution in [2.24, 2.45) is 0 Å². The standard InChI is InChI=1S/C18H25NOS/c1-3-4-6-16-8-10-17(11-9-16)20-13-12-19-15(2)18-7-5-14-21-18/h5,7-11,14-15,19H,3-4,6,12-13H2,1-2H3. The second-order valence-electron chi connectivity index (χ2n) is 5.29. The van der Waals surface area contributed by atoms with Crippen molar-refractivity contribution in [1.82, 2.24) is 5.32 Å². The minimum Gasteiger partial charge on any atom is -0.492 e. The maximum atomic E-state index is 5.77. The van der Waals surface area contributed by atoms with Crippen molar-refractivity contribution >= 4 is 11.3 Å². The Balaban J connectivity index is 1.66. The molecule has 2 aromatic rings. The average Bonchev–Trinajstić information content (AvgIpc) is 3.05. The van der Waals surface area contributed by atoms with E-state index in [1.165, 1.54) is 23.3 Å². The number of ether oxygens (including phenoxy) is 1. The lowest BCUT2D eigenvalue weighted by molar-refractivity contribution is 0.308. The first kappa shape index (κ1) is 16.1. The highest BCUT2D eigenvalue weighted by Gasteiger charge is 2.04. The molecule has 1 atom stereocenters. The van der Waals surface area contributed by atoms with Gasteiger partial charge in [-0.25, -0.2) is 0 Å². The van der Waals surface area contributed by atoms with Crippen LogP contribution in [0.4, 0.5) is 0 Å². The summed E-state index contributed by atoms with van der Waals surface area (Å²) in [6.07, 6.45) is 3.66. The smallest absolute Gasteiger partial charge is 0.119 e. The van der Waals surface area contributed by atoms with E-state index < -0.39 is 0 Å². The lowest BCUT2D eigenvalue weighted by atomic mass is 10.1. The number of hydrogen-bond acceptors (Lipinski definition) is 3. The van der Waals surface area contributed by atoms with E-state index in [9.17, 15) is 0 Å². The zero-order valence-corrected chi connectivity index (χ0v) is 13.8. The van der Waals surface area contributed by atoms with Gasteiger partial charge in [-0.1, -0.05) is 31.5 Å². The van der Waals surface area contributed by atoms with Crippen LogP contribution in [0, 0.1) is 0 Å². The van der Waals surface area contributed by atoms with Crippen molar-refractivity contribution in [2.75, 3.05) is 13.2 Å². The highest BCUT2D eigenvalue weighted by atomic mass is 32.1. The number of unbranched alkanes of at least 4 members (excludes halogenated alkanes) is 1. The van der Waals surface area contributed by atoms with Crippen molar-refractivity contribution in [3.63, 3.8) is 0 Å². The van der Waals surface area contributed by atoms with Crippen LogP contribution in [-0.4, -0.2) is 13.2 Å². The largest absolute Gasteiger partial charge is 0.492 e. The molecule has 0 aliphatic heterocycles. The van der Waals surface area contributed by atoms with E-state index in [-0.39, 0.29) is 0 Å². The molecule has 0 saturated carbocycles. The zero-order chi connectivity index (χ0) is 14.9. The van der Waals surface area contributed by atoms with Crippen LogP contribution in [0.25, 0.3) is 0 Å². The number of rotatable bonds is 9. The Labute approximate surface area is 132 Å². The summed E-state index contributed by atoms with van der Waals surface area (Å²) >= 11 is 1.79. The first-order valence-corrected chi connectivity index (χ1v) is 8.66. The van der Waals surface area contributed by atoms with Gasteiger partial charge in [0.15, 0.2) is 0 Å². The molecule has 2 nitrogen and oxygen atoms in total. The Morgan fingerprint density at radius 3 is 2.67 bits per heavy atom. The van der Waals surface area contributed by atoms with E-state index in [0.29, 0.717) is 12.6 Å². The van der Waals surface area contributed by atoms with E-state index in [4.69, 9.17) is 4.74 Å². The van der Waals surface area contributed by atoms with E-state index in [0.717, 1.165) is 18.7 Å². The summed E-state index contributed by atoms with van der Waals surface area (Å²) in [5, 5.41) is 5.60. The molecule has 0 amide bonds. The molecule has 0 radical (unpaired) electrons. The molecule has 1 N–H and O–H groups in total. The normalized spacial score (nSPS) is 12.3. The summed E-state index contributed by atoms with van der Waals surface area (Å²) in [5.74, 6) is 0.959. The fourth-order valence-electron chi connectivity index (χ4n) is 2.22. The number of hydrogen-bond donors (Lipinski definition) is 1. The third-order valence-corrected chi connectivity index (χ3v) is 4.59. The third kappa shape index (κ3) is 5.52. The van der Waals surface area contributed by atoms with Gasteiger partial charge < -0.3 is 10.1 Å². The first-order chi connectivity index (χ1) is 10.3. The number of thiophene rings is 1. The zero-order valence-electron chi connectivity index (χ0n) is 13.0. The number of aryl methyl sites for hydroxylation is 1. The Morgan fingerprint density at radius 2 is 2.00 bits per heavy atom.